The van der Waals surface area contributed by atoms with Crippen LogP contribution in [0.15, 0.2) is 24.8 Å². The summed E-state index contributed by atoms with van der Waals surface area (Å²) in [5.41, 5.74) is 1.93. The third kappa shape index (κ3) is 2.41. The molecule has 1 fully saturated rings. The number of nitrogens with zero attached hydrogens (tertiary/aromatic N) is 3. The molecule has 1 atom stereocenters. The Labute approximate surface area is 106 Å². The van der Waals surface area contributed by atoms with Crippen molar-refractivity contribution >= 4 is 0 Å². The van der Waals surface area contributed by atoms with Crippen LogP contribution in [0.1, 0.15) is 18.5 Å². The van der Waals surface area contributed by atoms with E-state index in [4.69, 9.17) is 0 Å². The van der Waals surface area contributed by atoms with E-state index < -0.39 is 0 Å². The molecule has 1 saturated heterocycles. The molecule has 0 spiro atoms. The molecule has 0 aromatic carbocycles. The average molecular weight is 243 g/mol. The van der Waals surface area contributed by atoms with Crippen LogP contribution in [-0.2, 0) is 6.42 Å². The predicted octanol–water partition coefficient (Wildman–Crippen LogP) is 1.41. The number of rotatable bonds is 3. The summed E-state index contributed by atoms with van der Waals surface area (Å²) in [7, 11) is 0. The second-order valence-corrected chi connectivity index (χ2v) is 4.71. The van der Waals surface area contributed by atoms with Gasteiger partial charge in [0.15, 0.2) is 5.82 Å². The van der Waals surface area contributed by atoms with Crippen LogP contribution in [0.3, 0.4) is 0 Å². The minimum atomic E-state index is 0.657. The zero-order valence-corrected chi connectivity index (χ0v) is 10.3. The SMILES string of the molecule is c1c[nH]c(-c2nccnc2C[C@@H]2CCCNC2)n1. The number of hydrogen-bond donors (Lipinski definition) is 2. The number of aromatic nitrogens is 4. The maximum absolute atomic E-state index is 4.48. The quantitative estimate of drug-likeness (QED) is 0.855. The fraction of sp³-hybridized carbons (Fsp3) is 0.462. The van der Waals surface area contributed by atoms with Crippen LogP contribution in [0, 0.1) is 5.92 Å². The van der Waals surface area contributed by atoms with Crippen LogP contribution in [0.2, 0.25) is 0 Å². The van der Waals surface area contributed by atoms with Gasteiger partial charge in [0.25, 0.3) is 0 Å². The highest BCUT2D eigenvalue weighted by molar-refractivity contribution is 5.51. The van der Waals surface area contributed by atoms with Gasteiger partial charge in [-0.05, 0) is 38.3 Å². The molecule has 3 rings (SSSR count). The van der Waals surface area contributed by atoms with Gasteiger partial charge in [0, 0.05) is 24.8 Å². The summed E-state index contributed by atoms with van der Waals surface area (Å²) in [4.78, 5) is 16.3. The summed E-state index contributed by atoms with van der Waals surface area (Å²) >= 11 is 0. The molecular weight excluding hydrogens is 226 g/mol. The van der Waals surface area contributed by atoms with Gasteiger partial charge in [-0.15, -0.1) is 0 Å². The minimum Gasteiger partial charge on any atom is -0.343 e. The van der Waals surface area contributed by atoms with Crippen molar-refractivity contribution < 1.29 is 0 Å². The Kier molecular flexibility index (Phi) is 3.32. The zero-order chi connectivity index (χ0) is 12.2. The van der Waals surface area contributed by atoms with Crippen molar-refractivity contribution in [3.05, 3.63) is 30.5 Å². The van der Waals surface area contributed by atoms with E-state index in [1.165, 1.54) is 12.8 Å². The number of aromatic amines is 1. The highest BCUT2D eigenvalue weighted by Crippen LogP contribution is 2.21. The van der Waals surface area contributed by atoms with Crippen molar-refractivity contribution in [3.8, 4) is 11.5 Å². The molecule has 18 heavy (non-hydrogen) atoms. The van der Waals surface area contributed by atoms with Gasteiger partial charge in [-0.2, -0.15) is 0 Å². The van der Waals surface area contributed by atoms with Crippen LogP contribution in [0.4, 0.5) is 0 Å². The first-order valence-corrected chi connectivity index (χ1v) is 6.44. The Hall–Kier alpha value is -1.75. The molecule has 0 bridgehead atoms. The summed E-state index contributed by atoms with van der Waals surface area (Å²) < 4.78 is 0. The highest BCUT2D eigenvalue weighted by atomic mass is 14.9. The molecule has 0 amide bonds. The van der Waals surface area contributed by atoms with Crippen LogP contribution < -0.4 is 5.32 Å². The monoisotopic (exact) mass is 243 g/mol. The van der Waals surface area contributed by atoms with Crippen molar-refractivity contribution in [1.82, 2.24) is 25.3 Å². The van der Waals surface area contributed by atoms with E-state index in [1.54, 1.807) is 18.6 Å². The van der Waals surface area contributed by atoms with Gasteiger partial charge >= 0.3 is 0 Å². The third-order valence-corrected chi connectivity index (χ3v) is 3.38. The molecule has 0 saturated carbocycles. The Morgan fingerprint density at radius 2 is 2.11 bits per heavy atom. The standard InChI is InChI=1S/C13H17N5/c1-2-10(9-14-3-1)8-11-12(16-5-4-15-11)13-17-6-7-18-13/h4-7,10,14H,1-3,8-9H2,(H,17,18)/t10-/m0/s1. The first-order chi connectivity index (χ1) is 8.93. The molecule has 0 aliphatic carbocycles. The fourth-order valence-electron chi connectivity index (χ4n) is 2.48. The highest BCUT2D eigenvalue weighted by Gasteiger charge is 2.17. The molecule has 0 unspecified atom stereocenters. The van der Waals surface area contributed by atoms with Crippen molar-refractivity contribution in [2.24, 2.45) is 5.92 Å². The number of H-pyrrole nitrogens is 1. The molecule has 2 aromatic heterocycles. The van der Waals surface area contributed by atoms with Gasteiger partial charge in [-0.3, -0.25) is 4.98 Å². The maximum atomic E-state index is 4.48. The van der Waals surface area contributed by atoms with E-state index in [0.29, 0.717) is 5.92 Å². The minimum absolute atomic E-state index is 0.657. The van der Waals surface area contributed by atoms with Gasteiger partial charge in [-0.25, -0.2) is 9.97 Å². The van der Waals surface area contributed by atoms with Crippen molar-refractivity contribution in [3.63, 3.8) is 0 Å². The van der Waals surface area contributed by atoms with E-state index in [2.05, 4.69) is 25.3 Å². The van der Waals surface area contributed by atoms with Gasteiger partial charge in [0.05, 0.1) is 5.69 Å². The summed E-state index contributed by atoms with van der Waals surface area (Å²) in [6, 6.07) is 0. The lowest BCUT2D eigenvalue weighted by atomic mass is 9.94. The third-order valence-electron chi connectivity index (χ3n) is 3.38. The molecule has 5 heteroatoms. The van der Waals surface area contributed by atoms with Crippen molar-refractivity contribution in [2.45, 2.75) is 19.3 Å². The molecule has 2 aromatic rings. The normalized spacial score (nSPS) is 19.9. The first-order valence-electron chi connectivity index (χ1n) is 6.44. The Morgan fingerprint density at radius 3 is 2.89 bits per heavy atom. The van der Waals surface area contributed by atoms with Gasteiger partial charge in [0.1, 0.15) is 5.69 Å². The summed E-state index contributed by atoms with van der Waals surface area (Å²) in [6.07, 6.45) is 10.5. The van der Waals surface area contributed by atoms with Gasteiger partial charge < -0.3 is 10.3 Å². The molecule has 0 radical (unpaired) electrons. The molecule has 2 N–H and O–H groups in total. The zero-order valence-electron chi connectivity index (χ0n) is 10.3. The lowest BCUT2D eigenvalue weighted by Gasteiger charge is -2.22. The predicted molar refractivity (Wildman–Crippen MR) is 68.9 cm³/mol. The maximum Gasteiger partial charge on any atom is 0.157 e. The second kappa shape index (κ2) is 5.27. The molecule has 94 valence electrons. The summed E-state index contributed by atoms with van der Waals surface area (Å²) in [5, 5.41) is 3.44. The largest absolute Gasteiger partial charge is 0.343 e. The summed E-state index contributed by atoms with van der Waals surface area (Å²) in [5.74, 6) is 1.46. The van der Waals surface area contributed by atoms with E-state index in [0.717, 1.165) is 36.7 Å². The lowest BCUT2D eigenvalue weighted by molar-refractivity contribution is 0.373. The molecular formula is C13H17N5. The fourth-order valence-corrected chi connectivity index (χ4v) is 2.48. The van der Waals surface area contributed by atoms with Gasteiger partial charge in [0.2, 0.25) is 0 Å². The number of hydrogen-bond acceptors (Lipinski definition) is 4. The van der Waals surface area contributed by atoms with Crippen LogP contribution in [0.25, 0.3) is 11.5 Å². The second-order valence-electron chi connectivity index (χ2n) is 4.71. The Bertz CT molecular complexity index is 488. The van der Waals surface area contributed by atoms with Crippen molar-refractivity contribution in [2.75, 3.05) is 13.1 Å². The van der Waals surface area contributed by atoms with E-state index in [1.807, 2.05) is 6.20 Å². The van der Waals surface area contributed by atoms with Crippen molar-refractivity contribution in [1.29, 1.82) is 0 Å². The topological polar surface area (TPSA) is 66.5 Å². The van der Waals surface area contributed by atoms with Crippen LogP contribution in [0.5, 0.6) is 0 Å². The lowest BCUT2D eigenvalue weighted by Crippen LogP contribution is -2.31. The smallest absolute Gasteiger partial charge is 0.157 e. The summed E-state index contributed by atoms with van der Waals surface area (Å²) in [6.45, 7) is 2.22. The van der Waals surface area contributed by atoms with Crippen LogP contribution >= 0.6 is 0 Å². The van der Waals surface area contributed by atoms with E-state index >= 15 is 0 Å². The van der Waals surface area contributed by atoms with Crippen LogP contribution in [-0.4, -0.2) is 33.0 Å². The Morgan fingerprint density at radius 1 is 1.17 bits per heavy atom. The van der Waals surface area contributed by atoms with E-state index in [-0.39, 0.29) is 0 Å². The molecule has 3 heterocycles. The molecule has 5 nitrogen and oxygen atoms in total. The van der Waals surface area contributed by atoms with Gasteiger partial charge in [-0.1, -0.05) is 0 Å². The van der Waals surface area contributed by atoms with E-state index in [9.17, 15) is 0 Å². The number of nitrogens with one attached hydrogen (secondary N) is 2. The Balaban J connectivity index is 1.83. The molecule has 1 aliphatic heterocycles. The number of piperidine rings is 1. The number of imidazole rings is 1. The average Bonchev–Trinajstić information content (AvgIpc) is 2.94. The first kappa shape index (κ1) is 11.3. The molecule has 1 aliphatic rings.